The van der Waals surface area contributed by atoms with Crippen molar-refractivity contribution in [2.24, 2.45) is 5.92 Å². The summed E-state index contributed by atoms with van der Waals surface area (Å²) in [5.74, 6) is -4.11. The van der Waals surface area contributed by atoms with Crippen LogP contribution < -0.4 is 5.32 Å². The van der Waals surface area contributed by atoms with Gasteiger partial charge < -0.3 is 10.1 Å². The Morgan fingerprint density at radius 1 is 1.41 bits per heavy atom. The highest BCUT2D eigenvalue weighted by atomic mass is 19.3. The molecule has 2 rings (SSSR count). The van der Waals surface area contributed by atoms with E-state index in [1.165, 1.54) is 0 Å². The van der Waals surface area contributed by atoms with Gasteiger partial charge >= 0.3 is 11.9 Å². The van der Waals surface area contributed by atoms with Crippen molar-refractivity contribution < 1.29 is 18.3 Å². The minimum atomic E-state index is -3.29. The zero-order chi connectivity index (χ0) is 12.3. The molecule has 2 unspecified atom stereocenters. The Labute approximate surface area is 99.2 Å². The van der Waals surface area contributed by atoms with Crippen molar-refractivity contribution in [2.45, 2.75) is 37.7 Å². The molecule has 0 aromatic heterocycles. The van der Waals surface area contributed by atoms with Gasteiger partial charge in [-0.25, -0.2) is 4.79 Å². The lowest BCUT2D eigenvalue weighted by Crippen LogP contribution is -2.31. The first-order chi connectivity index (χ1) is 8.08. The Kier molecular flexibility index (Phi) is 3.76. The number of ether oxygens (including phenoxy) is 1. The second kappa shape index (κ2) is 5.12. The Hall–Kier alpha value is -0.970. The molecule has 0 saturated carbocycles. The average molecular weight is 245 g/mol. The second-order valence-electron chi connectivity index (χ2n) is 4.74. The van der Waals surface area contributed by atoms with E-state index < -0.39 is 24.4 Å². The van der Waals surface area contributed by atoms with Crippen LogP contribution in [0.1, 0.15) is 25.7 Å². The summed E-state index contributed by atoms with van der Waals surface area (Å²) in [5.41, 5.74) is 0. The van der Waals surface area contributed by atoms with Crippen molar-refractivity contribution in [1.29, 1.82) is 0 Å². The molecule has 5 heteroatoms. The monoisotopic (exact) mass is 245 g/mol. The zero-order valence-corrected chi connectivity index (χ0v) is 9.62. The number of hydrogen-bond acceptors (Lipinski definition) is 3. The maximum Gasteiger partial charge on any atom is 0.377 e. The van der Waals surface area contributed by atoms with Crippen molar-refractivity contribution in [2.75, 3.05) is 13.1 Å². The van der Waals surface area contributed by atoms with Crippen LogP contribution in [0.5, 0.6) is 0 Å². The van der Waals surface area contributed by atoms with E-state index in [4.69, 9.17) is 0 Å². The molecular formula is C12H17F2NO2. The maximum absolute atomic E-state index is 12.9. The van der Waals surface area contributed by atoms with Gasteiger partial charge in [0.15, 0.2) is 0 Å². The fourth-order valence-corrected chi connectivity index (χ4v) is 2.25. The van der Waals surface area contributed by atoms with E-state index in [1.54, 1.807) is 0 Å². The average Bonchev–Trinajstić information content (AvgIpc) is 2.54. The van der Waals surface area contributed by atoms with E-state index in [0.717, 1.165) is 25.8 Å². The molecule has 17 heavy (non-hydrogen) atoms. The predicted octanol–water partition coefficient (Wildman–Crippen LogP) is 1.88. The van der Waals surface area contributed by atoms with Gasteiger partial charge in [0.25, 0.3) is 0 Å². The number of rotatable bonds is 4. The summed E-state index contributed by atoms with van der Waals surface area (Å²) in [7, 11) is 0. The Balaban J connectivity index is 1.66. The van der Waals surface area contributed by atoms with Crippen LogP contribution in [0.15, 0.2) is 12.2 Å². The molecule has 1 N–H and O–H groups in total. The summed E-state index contributed by atoms with van der Waals surface area (Å²) < 4.78 is 30.3. The maximum atomic E-state index is 12.9. The molecule has 0 radical (unpaired) electrons. The summed E-state index contributed by atoms with van der Waals surface area (Å²) in [5, 5.41) is 3.11. The lowest BCUT2D eigenvalue weighted by molar-refractivity contribution is -0.159. The minimum Gasteiger partial charge on any atom is -0.456 e. The zero-order valence-electron chi connectivity index (χ0n) is 9.62. The number of nitrogens with one attached hydrogen (secondary N) is 1. The molecule has 1 fully saturated rings. The van der Waals surface area contributed by atoms with Crippen molar-refractivity contribution in [3.05, 3.63) is 12.2 Å². The summed E-state index contributed by atoms with van der Waals surface area (Å²) in [4.78, 5) is 10.8. The molecule has 0 amide bonds. The van der Waals surface area contributed by atoms with Crippen molar-refractivity contribution >= 4 is 5.97 Å². The van der Waals surface area contributed by atoms with E-state index >= 15 is 0 Å². The molecule has 1 saturated heterocycles. The highest BCUT2D eigenvalue weighted by Gasteiger charge is 2.50. The quantitative estimate of drug-likeness (QED) is 0.607. The number of hydrogen-bond donors (Lipinski definition) is 1. The van der Waals surface area contributed by atoms with Crippen LogP contribution in [-0.2, 0) is 9.53 Å². The third-order valence-electron chi connectivity index (χ3n) is 3.24. The fourth-order valence-electron chi connectivity index (χ4n) is 2.25. The molecule has 0 spiro atoms. The molecule has 2 atom stereocenters. The number of esters is 1. The summed E-state index contributed by atoms with van der Waals surface area (Å²) in [6.07, 6.45) is 6.39. The standard InChI is InChI=1S/C12H17F2NO2/c13-12(14)6-10(17-11(12)16)8-15-7-9-4-2-1-3-5-9/h1-2,9-10,15H,3-8H2. The first kappa shape index (κ1) is 12.5. The molecule has 0 bridgehead atoms. The Morgan fingerprint density at radius 3 is 2.82 bits per heavy atom. The lowest BCUT2D eigenvalue weighted by Gasteiger charge is -2.19. The van der Waals surface area contributed by atoms with E-state index in [0.29, 0.717) is 12.5 Å². The number of carbonyl (C=O) groups excluding carboxylic acids is 1. The van der Waals surface area contributed by atoms with Crippen molar-refractivity contribution in [3.63, 3.8) is 0 Å². The van der Waals surface area contributed by atoms with Gasteiger partial charge in [-0.2, -0.15) is 8.78 Å². The molecule has 1 aliphatic carbocycles. The molecule has 1 heterocycles. The van der Waals surface area contributed by atoms with E-state index in [2.05, 4.69) is 22.2 Å². The number of cyclic esters (lactones) is 1. The normalized spacial score (nSPS) is 31.5. The Morgan fingerprint density at radius 2 is 2.24 bits per heavy atom. The molecular weight excluding hydrogens is 228 g/mol. The summed E-state index contributed by atoms with van der Waals surface area (Å²) >= 11 is 0. The molecule has 2 aliphatic rings. The van der Waals surface area contributed by atoms with Gasteiger partial charge in [-0.15, -0.1) is 0 Å². The molecule has 1 aliphatic heterocycles. The van der Waals surface area contributed by atoms with Crippen molar-refractivity contribution in [1.82, 2.24) is 5.32 Å². The lowest BCUT2D eigenvalue weighted by atomic mass is 9.94. The molecule has 0 aromatic rings. The van der Waals surface area contributed by atoms with E-state index in [1.807, 2.05) is 0 Å². The highest BCUT2D eigenvalue weighted by Crippen LogP contribution is 2.30. The van der Waals surface area contributed by atoms with Gasteiger partial charge in [0.05, 0.1) is 6.42 Å². The number of alkyl halides is 2. The van der Waals surface area contributed by atoms with Gasteiger partial charge in [-0.1, -0.05) is 12.2 Å². The highest BCUT2D eigenvalue weighted by molar-refractivity contribution is 5.79. The predicted molar refractivity (Wildman–Crippen MR) is 58.8 cm³/mol. The summed E-state index contributed by atoms with van der Waals surface area (Å²) in [6.45, 7) is 1.12. The van der Waals surface area contributed by atoms with Gasteiger partial charge in [0.1, 0.15) is 6.10 Å². The van der Waals surface area contributed by atoms with Crippen LogP contribution in [-0.4, -0.2) is 31.1 Å². The summed E-state index contributed by atoms with van der Waals surface area (Å²) in [6, 6.07) is 0. The molecule has 96 valence electrons. The second-order valence-corrected chi connectivity index (χ2v) is 4.74. The van der Waals surface area contributed by atoms with Gasteiger partial charge in [0.2, 0.25) is 0 Å². The SMILES string of the molecule is O=C1OC(CNCC2CC=CCC2)CC1(F)F. The van der Waals surface area contributed by atoms with E-state index in [9.17, 15) is 13.6 Å². The Bertz CT molecular complexity index is 318. The van der Waals surface area contributed by atoms with Gasteiger partial charge in [-0.05, 0) is 31.7 Å². The minimum absolute atomic E-state index is 0.321. The van der Waals surface area contributed by atoms with E-state index in [-0.39, 0.29) is 0 Å². The number of allylic oxidation sites excluding steroid dienone is 2. The third-order valence-corrected chi connectivity index (χ3v) is 3.24. The topological polar surface area (TPSA) is 38.3 Å². The number of carbonyl (C=O) groups is 1. The third kappa shape index (κ3) is 3.25. The van der Waals surface area contributed by atoms with Gasteiger partial charge in [0, 0.05) is 6.54 Å². The van der Waals surface area contributed by atoms with Crippen LogP contribution in [0.4, 0.5) is 8.78 Å². The van der Waals surface area contributed by atoms with Crippen LogP contribution in [0, 0.1) is 5.92 Å². The first-order valence-electron chi connectivity index (χ1n) is 6.02. The van der Waals surface area contributed by atoms with Gasteiger partial charge in [-0.3, -0.25) is 0 Å². The number of halogens is 2. The fraction of sp³-hybridized carbons (Fsp3) is 0.750. The largest absolute Gasteiger partial charge is 0.456 e. The van der Waals surface area contributed by atoms with Crippen LogP contribution >= 0.6 is 0 Å². The molecule has 3 nitrogen and oxygen atoms in total. The first-order valence-corrected chi connectivity index (χ1v) is 6.02. The smallest absolute Gasteiger partial charge is 0.377 e. The van der Waals surface area contributed by atoms with Crippen LogP contribution in [0.25, 0.3) is 0 Å². The van der Waals surface area contributed by atoms with Crippen LogP contribution in [0.2, 0.25) is 0 Å². The van der Waals surface area contributed by atoms with Crippen molar-refractivity contribution in [3.8, 4) is 0 Å². The van der Waals surface area contributed by atoms with Crippen LogP contribution in [0.3, 0.4) is 0 Å². The molecule has 0 aromatic carbocycles.